The van der Waals surface area contributed by atoms with Crippen LogP contribution in [0.25, 0.3) is 0 Å². The molecule has 31 heavy (non-hydrogen) atoms. The summed E-state index contributed by atoms with van der Waals surface area (Å²) in [7, 11) is -3.67. The number of amides is 1. The second-order valence-corrected chi connectivity index (χ2v) is 9.39. The molecule has 0 spiro atoms. The number of anilines is 2. The van der Waals surface area contributed by atoms with Crippen LogP contribution in [-0.2, 0) is 14.8 Å². The van der Waals surface area contributed by atoms with E-state index in [0.29, 0.717) is 11.4 Å². The highest BCUT2D eigenvalue weighted by Gasteiger charge is 2.14. The topological polar surface area (TPSA) is 113 Å². The molecule has 0 saturated carbocycles. The monoisotopic (exact) mass is 456 g/mol. The highest BCUT2D eigenvalue weighted by molar-refractivity contribution is 8.00. The largest absolute Gasteiger partial charge is 0.478 e. The van der Waals surface area contributed by atoms with Crippen LogP contribution in [-0.4, -0.2) is 31.2 Å². The Kier molecular flexibility index (Phi) is 6.98. The Bertz CT molecular complexity index is 1170. The zero-order valence-corrected chi connectivity index (χ0v) is 18.2. The molecule has 0 aliphatic carbocycles. The number of carbonyl (C=O) groups is 2. The van der Waals surface area contributed by atoms with E-state index >= 15 is 0 Å². The molecular formula is C22H20N2O5S2. The minimum atomic E-state index is -3.67. The van der Waals surface area contributed by atoms with E-state index < -0.39 is 16.0 Å². The Morgan fingerprint density at radius 3 is 2.03 bits per heavy atom. The van der Waals surface area contributed by atoms with Crippen molar-refractivity contribution in [3.05, 3.63) is 83.9 Å². The number of hydrogen-bond donors (Lipinski definition) is 3. The summed E-state index contributed by atoms with van der Waals surface area (Å²) in [5, 5.41) is 11.6. The normalized spacial score (nSPS) is 11.0. The molecule has 3 aromatic rings. The number of rotatable bonds is 8. The quantitative estimate of drug-likeness (QED) is 0.438. The van der Waals surface area contributed by atoms with Crippen LogP contribution in [0.4, 0.5) is 11.4 Å². The molecule has 160 valence electrons. The van der Waals surface area contributed by atoms with Gasteiger partial charge < -0.3 is 10.4 Å². The maximum atomic E-state index is 12.4. The zero-order chi connectivity index (χ0) is 22.4. The first-order chi connectivity index (χ1) is 14.7. The number of nitrogens with one attached hydrogen (secondary N) is 2. The molecule has 0 radical (unpaired) electrons. The molecule has 0 heterocycles. The van der Waals surface area contributed by atoms with E-state index in [0.717, 1.165) is 10.5 Å². The van der Waals surface area contributed by atoms with Gasteiger partial charge in [0.15, 0.2) is 0 Å². The minimum absolute atomic E-state index is 0.144. The first kappa shape index (κ1) is 22.4. The van der Waals surface area contributed by atoms with Gasteiger partial charge in [0.25, 0.3) is 10.0 Å². The molecule has 0 unspecified atom stereocenters. The third kappa shape index (κ3) is 6.34. The van der Waals surface area contributed by atoms with E-state index in [1.165, 1.54) is 36.0 Å². The second kappa shape index (κ2) is 9.67. The number of carboxylic acids is 1. The van der Waals surface area contributed by atoms with Gasteiger partial charge in [-0.2, -0.15) is 0 Å². The Morgan fingerprint density at radius 2 is 1.45 bits per heavy atom. The number of sulfonamides is 1. The third-order valence-electron chi connectivity index (χ3n) is 4.22. The fourth-order valence-electron chi connectivity index (χ4n) is 2.59. The molecule has 3 rings (SSSR count). The Hall–Kier alpha value is -3.30. The lowest BCUT2D eigenvalue weighted by Gasteiger charge is -2.09. The van der Waals surface area contributed by atoms with Gasteiger partial charge in [0, 0.05) is 16.3 Å². The van der Waals surface area contributed by atoms with Crippen molar-refractivity contribution >= 4 is 45.0 Å². The lowest BCUT2D eigenvalue weighted by molar-refractivity contribution is -0.113. The van der Waals surface area contributed by atoms with E-state index in [1.807, 2.05) is 6.92 Å². The van der Waals surface area contributed by atoms with Gasteiger partial charge in [0.2, 0.25) is 5.91 Å². The van der Waals surface area contributed by atoms with Crippen molar-refractivity contribution < 1.29 is 23.1 Å². The van der Waals surface area contributed by atoms with Crippen LogP contribution < -0.4 is 10.0 Å². The van der Waals surface area contributed by atoms with Crippen molar-refractivity contribution in [2.75, 3.05) is 15.8 Å². The first-order valence-corrected chi connectivity index (χ1v) is 11.7. The molecule has 0 fully saturated rings. The van der Waals surface area contributed by atoms with Gasteiger partial charge in [-0.3, -0.25) is 9.52 Å². The van der Waals surface area contributed by atoms with Crippen LogP contribution in [0.15, 0.2) is 82.6 Å². The van der Waals surface area contributed by atoms with Crippen LogP contribution in [0.5, 0.6) is 0 Å². The predicted octanol–water partition coefficient (Wildman–Crippen LogP) is 4.22. The number of thioether (sulfide) groups is 1. The van der Waals surface area contributed by atoms with E-state index in [9.17, 15) is 18.0 Å². The van der Waals surface area contributed by atoms with Crippen molar-refractivity contribution in [2.45, 2.75) is 16.7 Å². The zero-order valence-electron chi connectivity index (χ0n) is 16.5. The summed E-state index contributed by atoms with van der Waals surface area (Å²) in [6, 6.07) is 19.2. The second-order valence-electron chi connectivity index (χ2n) is 6.66. The number of benzene rings is 3. The summed E-state index contributed by atoms with van der Waals surface area (Å²) < 4.78 is 27.4. The van der Waals surface area contributed by atoms with Gasteiger partial charge in [-0.05, 0) is 67.6 Å². The highest BCUT2D eigenvalue weighted by atomic mass is 32.2. The van der Waals surface area contributed by atoms with Crippen LogP contribution in [0.1, 0.15) is 15.9 Å². The molecule has 3 N–H and O–H groups in total. The maximum absolute atomic E-state index is 12.4. The Balaban J connectivity index is 1.53. The van der Waals surface area contributed by atoms with Gasteiger partial charge in [0.1, 0.15) is 0 Å². The number of carbonyl (C=O) groups excluding carboxylic acids is 1. The SMILES string of the molecule is Cc1ccc(S(=O)(=O)Nc2ccc(SCC(=O)Nc3ccc(C(=O)O)cc3)cc2)cc1. The lowest BCUT2D eigenvalue weighted by Crippen LogP contribution is -2.14. The van der Waals surface area contributed by atoms with Crippen molar-refractivity contribution in [1.82, 2.24) is 0 Å². The van der Waals surface area contributed by atoms with E-state index in [-0.39, 0.29) is 22.1 Å². The third-order valence-corrected chi connectivity index (χ3v) is 6.63. The predicted molar refractivity (Wildman–Crippen MR) is 121 cm³/mol. The lowest BCUT2D eigenvalue weighted by atomic mass is 10.2. The molecule has 0 aliphatic rings. The minimum Gasteiger partial charge on any atom is -0.478 e. The van der Waals surface area contributed by atoms with Crippen LogP contribution in [0.3, 0.4) is 0 Å². The molecule has 0 atom stereocenters. The molecule has 0 aliphatic heterocycles. The molecule has 0 saturated heterocycles. The molecule has 9 heteroatoms. The van der Waals surface area contributed by atoms with Crippen molar-refractivity contribution in [3.63, 3.8) is 0 Å². The number of carboxylic acid groups (broad SMARTS) is 1. The fourth-order valence-corrected chi connectivity index (χ4v) is 4.35. The molecule has 7 nitrogen and oxygen atoms in total. The molecule has 0 aromatic heterocycles. The number of aryl methyl sites for hydroxylation is 1. The summed E-state index contributed by atoms with van der Waals surface area (Å²) in [6.07, 6.45) is 0. The summed E-state index contributed by atoms with van der Waals surface area (Å²) in [6.45, 7) is 1.88. The van der Waals surface area contributed by atoms with Gasteiger partial charge in [-0.15, -0.1) is 11.8 Å². The fraction of sp³-hybridized carbons (Fsp3) is 0.0909. The molecule has 1 amide bonds. The Morgan fingerprint density at radius 1 is 0.871 bits per heavy atom. The van der Waals surface area contributed by atoms with Crippen molar-refractivity contribution in [3.8, 4) is 0 Å². The Labute approximate surface area is 184 Å². The van der Waals surface area contributed by atoms with E-state index in [4.69, 9.17) is 5.11 Å². The average molecular weight is 457 g/mol. The summed E-state index contributed by atoms with van der Waals surface area (Å²) in [4.78, 5) is 23.9. The van der Waals surface area contributed by atoms with Gasteiger partial charge in [0.05, 0.1) is 16.2 Å². The molecule has 3 aromatic carbocycles. The highest BCUT2D eigenvalue weighted by Crippen LogP contribution is 2.23. The van der Waals surface area contributed by atoms with Gasteiger partial charge in [-0.25, -0.2) is 13.2 Å². The summed E-state index contributed by atoms with van der Waals surface area (Å²) in [5.74, 6) is -1.12. The average Bonchev–Trinajstić information content (AvgIpc) is 2.74. The smallest absolute Gasteiger partial charge is 0.335 e. The van der Waals surface area contributed by atoms with Crippen LogP contribution in [0, 0.1) is 6.92 Å². The summed E-state index contributed by atoms with van der Waals surface area (Å²) >= 11 is 1.30. The van der Waals surface area contributed by atoms with Gasteiger partial charge >= 0.3 is 5.97 Å². The number of hydrogen-bond acceptors (Lipinski definition) is 5. The van der Waals surface area contributed by atoms with E-state index in [1.54, 1.807) is 48.5 Å². The molecular weight excluding hydrogens is 436 g/mol. The maximum Gasteiger partial charge on any atom is 0.335 e. The van der Waals surface area contributed by atoms with Gasteiger partial charge in [-0.1, -0.05) is 17.7 Å². The van der Waals surface area contributed by atoms with E-state index in [2.05, 4.69) is 10.0 Å². The van der Waals surface area contributed by atoms with Crippen LogP contribution >= 0.6 is 11.8 Å². The number of aromatic carboxylic acids is 1. The standard InChI is InChI=1S/C22H20N2O5S2/c1-15-2-12-20(13-3-15)31(28,29)24-18-8-10-19(11-9-18)30-14-21(25)23-17-6-4-16(5-7-17)22(26)27/h2-13,24H,14H2,1H3,(H,23,25)(H,26,27). The molecule has 0 bridgehead atoms. The first-order valence-electron chi connectivity index (χ1n) is 9.18. The summed E-state index contributed by atoms with van der Waals surface area (Å²) in [5.41, 5.74) is 2.05. The van der Waals surface area contributed by atoms with Crippen molar-refractivity contribution in [1.29, 1.82) is 0 Å². The van der Waals surface area contributed by atoms with Crippen LogP contribution in [0.2, 0.25) is 0 Å². The van der Waals surface area contributed by atoms with Crippen molar-refractivity contribution in [2.24, 2.45) is 0 Å².